The molecule has 1 atom stereocenters. The van der Waals surface area contributed by atoms with Crippen molar-refractivity contribution in [3.8, 4) is 0 Å². The van der Waals surface area contributed by atoms with Crippen molar-refractivity contribution in [2.24, 2.45) is 7.05 Å². The van der Waals surface area contributed by atoms with Crippen LogP contribution in [0.4, 0.5) is 11.6 Å². The van der Waals surface area contributed by atoms with E-state index >= 15 is 0 Å². The summed E-state index contributed by atoms with van der Waals surface area (Å²) in [5, 5.41) is 7.95. The molecule has 1 saturated heterocycles. The number of aryl methyl sites for hydroxylation is 2. The Labute approximate surface area is 137 Å². The van der Waals surface area contributed by atoms with E-state index in [1.54, 1.807) is 6.33 Å². The van der Waals surface area contributed by atoms with E-state index < -0.39 is 0 Å². The van der Waals surface area contributed by atoms with E-state index in [1.165, 1.54) is 5.56 Å². The highest BCUT2D eigenvalue weighted by atomic mass is 15.3. The first-order valence-electron chi connectivity index (χ1n) is 7.98. The van der Waals surface area contributed by atoms with Crippen LogP contribution in [-0.2, 0) is 13.6 Å². The molecule has 1 fully saturated rings. The van der Waals surface area contributed by atoms with Gasteiger partial charge in [-0.1, -0.05) is 0 Å². The topological polar surface area (TPSA) is 62.1 Å². The zero-order valence-electron chi connectivity index (χ0n) is 14.3. The van der Waals surface area contributed by atoms with Crippen LogP contribution in [0.15, 0.2) is 18.6 Å². The quantitative estimate of drug-likeness (QED) is 0.896. The third-order valence-electron chi connectivity index (χ3n) is 4.24. The average molecular weight is 315 g/mol. The molecule has 1 N–H and O–H groups in total. The molecule has 0 spiro atoms. The Morgan fingerprint density at radius 3 is 2.87 bits per heavy atom. The van der Waals surface area contributed by atoms with Gasteiger partial charge in [0.15, 0.2) is 0 Å². The Kier molecular flexibility index (Phi) is 4.47. The predicted octanol–water partition coefficient (Wildman–Crippen LogP) is 1.27. The number of rotatable bonds is 5. The summed E-state index contributed by atoms with van der Waals surface area (Å²) in [7, 11) is 5.95. The van der Waals surface area contributed by atoms with Crippen LogP contribution in [0.5, 0.6) is 0 Å². The molecule has 1 aliphatic rings. The van der Waals surface area contributed by atoms with Crippen LogP contribution >= 0.6 is 0 Å². The Morgan fingerprint density at radius 2 is 2.17 bits per heavy atom. The fourth-order valence-electron chi connectivity index (χ4n) is 3.02. The second-order valence-corrected chi connectivity index (χ2v) is 6.43. The zero-order valence-corrected chi connectivity index (χ0v) is 14.3. The van der Waals surface area contributed by atoms with Gasteiger partial charge in [0.1, 0.15) is 18.0 Å². The average Bonchev–Trinajstić information content (AvgIpc) is 3.06. The van der Waals surface area contributed by atoms with Crippen LogP contribution < -0.4 is 10.2 Å². The molecule has 0 aromatic carbocycles. The van der Waals surface area contributed by atoms with Crippen LogP contribution in [0.2, 0.25) is 0 Å². The van der Waals surface area contributed by atoms with Crippen molar-refractivity contribution in [3.63, 3.8) is 0 Å². The molecule has 2 aromatic rings. The second kappa shape index (κ2) is 6.54. The van der Waals surface area contributed by atoms with E-state index in [1.807, 2.05) is 36.8 Å². The number of hydrogen-bond acceptors (Lipinski definition) is 6. The highest BCUT2D eigenvalue weighted by Crippen LogP contribution is 2.19. The fourth-order valence-corrected chi connectivity index (χ4v) is 3.02. The number of hydrogen-bond donors (Lipinski definition) is 1. The molecule has 1 aliphatic heterocycles. The normalized spacial score (nSPS) is 18.3. The third kappa shape index (κ3) is 3.79. The molecular formula is C16H25N7. The van der Waals surface area contributed by atoms with Gasteiger partial charge in [-0.25, -0.2) is 9.97 Å². The first-order valence-corrected chi connectivity index (χ1v) is 7.98. The van der Waals surface area contributed by atoms with Crippen LogP contribution in [0.1, 0.15) is 17.7 Å². The van der Waals surface area contributed by atoms with Gasteiger partial charge in [-0.15, -0.1) is 0 Å². The van der Waals surface area contributed by atoms with E-state index in [-0.39, 0.29) is 0 Å². The smallest absolute Gasteiger partial charge is 0.133 e. The van der Waals surface area contributed by atoms with Crippen LogP contribution in [0.3, 0.4) is 0 Å². The lowest BCUT2D eigenvalue weighted by Gasteiger charge is -2.17. The minimum atomic E-state index is 0.428. The maximum Gasteiger partial charge on any atom is 0.133 e. The summed E-state index contributed by atoms with van der Waals surface area (Å²) >= 11 is 0. The fraction of sp³-hybridized carbons (Fsp3) is 0.562. The minimum Gasteiger partial charge on any atom is -0.366 e. The highest BCUT2D eigenvalue weighted by molar-refractivity contribution is 5.48. The van der Waals surface area contributed by atoms with Crippen molar-refractivity contribution in [1.82, 2.24) is 24.6 Å². The van der Waals surface area contributed by atoms with E-state index in [2.05, 4.69) is 38.4 Å². The molecule has 0 saturated carbocycles. The summed E-state index contributed by atoms with van der Waals surface area (Å²) in [6.07, 6.45) is 4.86. The highest BCUT2D eigenvalue weighted by Gasteiger charge is 2.23. The molecule has 7 nitrogen and oxygen atoms in total. The molecule has 1 unspecified atom stereocenters. The van der Waals surface area contributed by atoms with Crippen molar-refractivity contribution < 1.29 is 0 Å². The largest absolute Gasteiger partial charge is 0.366 e. The molecule has 23 heavy (non-hydrogen) atoms. The van der Waals surface area contributed by atoms with Crippen LogP contribution in [0.25, 0.3) is 0 Å². The summed E-state index contributed by atoms with van der Waals surface area (Å²) in [5.41, 5.74) is 2.43. The van der Waals surface area contributed by atoms with Crippen molar-refractivity contribution >= 4 is 11.6 Å². The lowest BCUT2D eigenvalue weighted by atomic mass is 10.2. The van der Waals surface area contributed by atoms with E-state index in [4.69, 9.17) is 0 Å². The minimum absolute atomic E-state index is 0.428. The van der Waals surface area contributed by atoms with Gasteiger partial charge in [-0.3, -0.25) is 9.58 Å². The SMILES string of the molecule is Cc1nn(C)cc1CN1CCC(Nc2cc(N(C)C)ncn2)C1. The molecule has 2 aromatic heterocycles. The molecule has 7 heteroatoms. The molecule has 0 bridgehead atoms. The number of likely N-dealkylation sites (tertiary alicyclic amines) is 1. The van der Waals surface area contributed by atoms with Gasteiger partial charge in [0.05, 0.1) is 5.69 Å². The molecule has 3 rings (SSSR count). The third-order valence-corrected chi connectivity index (χ3v) is 4.24. The summed E-state index contributed by atoms with van der Waals surface area (Å²) < 4.78 is 1.89. The summed E-state index contributed by atoms with van der Waals surface area (Å²) in [6, 6.07) is 2.42. The Morgan fingerprint density at radius 1 is 1.35 bits per heavy atom. The summed E-state index contributed by atoms with van der Waals surface area (Å²) in [5.74, 6) is 1.82. The second-order valence-electron chi connectivity index (χ2n) is 6.43. The lowest BCUT2D eigenvalue weighted by molar-refractivity contribution is 0.328. The number of nitrogens with zero attached hydrogens (tertiary/aromatic N) is 6. The van der Waals surface area contributed by atoms with Crippen molar-refractivity contribution in [2.45, 2.75) is 25.9 Å². The van der Waals surface area contributed by atoms with E-state index in [0.717, 1.165) is 43.4 Å². The Bertz CT molecular complexity index is 664. The zero-order chi connectivity index (χ0) is 16.4. The summed E-state index contributed by atoms with van der Waals surface area (Å²) in [4.78, 5) is 13.0. The van der Waals surface area contributed by atoms with Gasteiger partial charge in [-0.2, -0.15) is 5.10 Å². The maximum atomic E-state index is 4.42. The Balaban J connectivity index is 1.57. The molecule has 0 radical (unpaired) electrons. The lowest BCUT2D eigenvalue weighted by Crippen LogP contribution is -2.26. The van der Waals surface area contributed by atoms with Crippen molar-refractivity contribution in [2.75, 3.05) is 37.4 Å². The standard InChI is InChI=1S/C16H25N7/c1-12-13(8-22(4)20-12)9-23-6-5-14(10-23)19-15-7-16(21(2)3)18-11-17-15/h7-8,11,14H,5-6,9-10H2,1-4H3,(H,17,18,19). The van der Waals surface area contributed by atoms with Crippen LogP contribution in [-0.4, -0.2) is 57.9 Å². The number of nitrogens with one attached hydrogen (secondary N) is 1. The molecule has 3 heterocycles. The van der Waals surface area contributed by atoms with Gasteiger partial charge >= 0.3 is 0 Å². The molecule has 0 aliphatic carbocycles. The summed E-state index contributed by atoms with van der Waals surface area (Å²) in [6.45, 7) is 5.16. The van der Waals surface area contributed by atoms with Crippen molar-refractivity contribution in [1.29, 1.82) is 0 Å². The first kappa shape index (κ1) is 15.7. The maximum absolute atomic E-state index is 4.42. The van der Waals surface area contributed by atoms with Crippen molar-refractivity contribution in [3.05, 3.63) is 29.8 Å². The van der Waals surface area contributed by atoms with E-state index in [0.29, 0.717) is 6.04 Å². The molecule has 124 valence electrons. The number of anilines is 2. The molecular weight excluding hydrogens is 290 g/mol. The van der Waals surface area contributed by atoms with E-state index in [9.17, 15) is 0 Å². The first-order chi connectivity index (χ1) is 11.0. The van der Waals surface area contributed by atoms with Gasteiger partial charge in [0, 0.05) is 64.6 Å². The van der Waals surface area contributed by atoms with Gasteiger partial charge in [0.25, 0.3) is 0 Å². The molecule has 0 amide bonds. The monoisotopic (exact) mass is 315 g/mol. The number of aromatic nitrogens is 4. The van der Waals surface area contributed by atoms with Crippen LogP contribution in [0, 0.1) is 6.92 Å². The van der Waals surface area contributed by atoms with Gasteiger partial charge < -0.3 is 10.2 Å². The van der Waals surface area contributed by atoms with Gasteiger partial charge in [0.2, 0.25) is 0 Å². The predicted molar refractivity (Wildman–Crippen MR) is 91.6 cm³/mol. The van der Waals surface area contributed by atoms with Gasteiger partial charge in [-0.05, 0) is 13.3 Å². The Hall–Kier alpha value is -2.15.